The molecule has 3 amide bonds. The zero-order valence-electron chi connectivity index (χ0n) is 14.2. The number of carbonyl (C=O) groups excluding carboxylic acids is 2. The predicted molar refractivity (Wildman–Crippen MR) is 103 cm³/mol. The van der Waals surface area contributed by atoms with Crippen LogP contribution in [0.1, 0.15) is 6.92 Å². The Morgan fingerprint density at radius 3 is 2.52 bits per heavy atom. The molecule has 10 heteroatoms. The maximum Gasteiger partial charge on any atom is 0.325 e. The lowest BCUT2D eigenvalue weighted by Crippen LogP contribution is -2.38. The summed E-state index contributed by atoms with van der Waals surface area (Å²) in [5, 5.41) is 16.8. The highest BCUT2D eigenvalue weighted by molar-refractivity contribution is 8.00. The lowest BCUT2D eigenvalue weighted by atomic mass is 10.3. The number of thioether (sulfide) groups is 1. The lowest BCUT2D eigenvalue weighted by Gasteiger charge is -2.11. The highest BCUT2D eigenvalue weighted by atomic mass is 35.5. The third kappa shape index (κ3) is 5.05. The van der Waals surface area contributed by atoms with E-state index in [9.17, 15) is 9.59 Å². The highest BCUT2D eigenvalue weighted by Crippen LogP contribution is 2.23. The summed E-state index contributed by atoms with van der Waals surface area (Å²) in [6.07, 6.45) is 0. The van der Waals surface area contributed by atoms with Crippen molar-refractivity contribution in [1.82, 2.24) is 25.5 Å². The monoisotopic (exact) mass is 402 g/mol. The van der Waals surface area contributed by atoms with Crippen molar-refractivity contribution in [2.45, 2.75) is 17.3 Å². The van der Waals surface area contributed by atoms with E-state index >= 15 is 0 Å². The van der Waals surface area contributed by atoms with Gasteiger partial charge in [-0.15, -0.1) is 5.10 Å². The number of nitrogens with one attached hydrogen (secondary N) is 2. The molecule has 3 rings (SSSR count). The smallest absolute Gasteiger partial charge is 0.308 e. The standard InChI is InChI=1S/C17H15ClN6O2S/c1-11(15(25)20-16(26)19-13-5-3-2-4-6-13)27-17-21-22-23-24(17)14-9-7-12(18)8-10-14/h2-11H,1H3,(H2,19,20,25,26). The Morgan fingerprint density at radius 2 is 1.81 bits per heavy atom. The van der Waals surface area contributed by atoms with Crippen molar-refractivity contribution in [2.75, 3.05) is 5.32 Å². The van der Waals surface area contributed by atoms with Gasteiger partial charge < -0.3 is 5.32 Å². The molecule has 0 aliphatic heterocycles. The van der Waals surface area contributed by atoms with Crippen molar-refractivity contribution in [1.29, 1.82) is 0 Å². The number of benzene rings is 2. The summed E-state index contributed by atoms with van der Waals surface area (Å²) < 4.78 is 1.49. The summed E-state index contributed by atoms with van der Waals surface area (Å²) in [6.45, 7) is 1.66. The van der Waals surface area contributed by atoms with E-state index in [2.05, 4.69) is 26.2 Å². The molecule has 8 nitrogen and oxygen atoms in total. The first-order valence-corrected chi connectivity index (χ1v) is 9.16. The summed E-state index contributed by atoms with van der Waals surface area (Å²) in [6, 6.07) is 15.2. The number of carbonyl (C=O) groups is 2. The van der Waals surface area contributed by atoms with E-state index in [1.807, 2.05) is 6.07 Å². The first-order chi connectivity index (χ1) is 13.0. The Labute approximate surface area is 164 Å². The van der Waals surface area contributed by atoms with E-state index in [0.717, 1.165) is 11.8 Å². The van der Waals surface area contributed by atoms with Gasteiger partial charge in [0.05, 0.1) is 10.9 Å². The van der Waals surface area contributed by atoms with Gasteiger partial charge in [-0.25, -0.2) is 4.79 Å². The van der Waals surface area contributed by atoms with Crippen LogP contribution in [0.4, 0.5) is 10.5 Å². The van der Waals surface area contributed by atoms with Gasteiger partial charge in [-0.3, -0.25) is 10.1 Å². The summed E-state index contributed by atoms with van der Waals surface area (Å²) in [5.74, 6) is -0.459. The molecule has 27 heavy (non-hydrogen) atoms. The minimum atomic E-state index is -0.601. The largest absolute Gasteiger partial charge is 0.325 e. The number of tetrazole rings is 1. The van der Waals surface area contributed by atoms with Gasteiger partial charge in [0.15, 0.2) is 0 Å². The summed E-state index contributed by atoms with van der Waals surface area (Å²) in [4.78, 5) is 24.2. The average molecular weight is 403 g/mol. The SMILES string of the molecule is CC(Sc1nnnn1-c1ccc(Cl)cc1)C(=O)NC(=O)Nc1ccccc1. The first kappa shape index (κ1) is 18.9. The summed E-state index contributed by atoms with van der Waals surface area (Å²) in [7, 11) is 0. The van der Waals surface area contributed by atoms with Crippen LogP contribution in [-0.2, 0) is 4.79 Å². The minimum Gasteiger partial charge on any atom is -0.308 e. The van der Waals surface area contributed by atoms with Crippen LogP contribution in [0.3, 0.4) is 0 Å². The zero-order chi connectivity index (χ0) is 19.2. The molecule has 1 unspecified atom stereocenters. The van der Waals surface area contributed by atoms with E-state index in [4.69, 9.17) is 11.6 Å². The Balaban J connectivity index is 1.61. The van der Waals surface area contributed by atoms with Gasteiger partial charge in [-0.05, 0) is 53.7 Å². The molecule has 0 radical (unpaired) electrons. The van der Waals surface area contributed by atoms with Crippen LogP contribution in [-0.4, -0.2) is 37.4 Å². The average Bonchev–Trinajstić information content (AvgIpc) is 3.11. The maximum absolute atomic E-state index is 12.3. The van der Waals surface area contributed by atoms with Crippen molar-refractivity contribution in [3.05, 3.63) is 59.6 Å². The van der Waals surface area contributed by atoms with Crippen molar-refractivity contribution >= 4 is 41.0 Å². The zero-order valence-corrected chi connectivity index (χ0v) is 15.7. The number of urea groups is 1. The molecular weight excluding hydrogens is 388 g/mol. The fourth-order valence-corrected chi connectivity index (χ4v) is 3.04. The van der Waals surface area contributed by atoms with E-state index < -0.39 is 17.2 Å². The fourth-order valence-electron chi connectivity index (χ4n) is 2.11. The quantitative estimate of drug-likeness (QED) is 0.635. The number of halogens is 1. The lowest BCUT2D eigenvalue weighted by molar-refractivity contribution is -0.119. The molecule has 0 bridgehead atoms. The van der Waals surface area contributed by atoms with Gasteiger partial charge in [0.2, 0.25) is 11.1 Å². The van der Waals surface area contributed by atoms with Gasteiger partial charge in [-0.2, -0.15) is 4.68 Å². The molecule has 2 N–H and O–H groups in total. The second-order valence-corrected chi connectivity index (χ2v) is 7.16. The normalized spacial score (nSPS) is 11.6. The van der Waals surface area contributed by atoms with Crippen LogP contribution in [0.5, 0.6) is 0 Å². The van der Waals surface area contributed by atoms with Gasteiger partial charge in [0.1, 0.15) is 0 Å². The highest BCUT2D eigenvalue weighted by Gasteiger charge is 2.21. The van der Waals surface area contributed by atoms with Crippen molar-refractivity contribution < 1.29 is 9.59 Å². The molecule has 3 aromatic rings. The van der Waals surface area contributed by atoms with E-state index in [1.165, 1.54) is 4.68 Å². The van der Waals surface area contributed by atoms with Gasteiger partial charge in [-0.1, -0.05) is 41.6 Å². The number of hydrogen-bond donors (Lipinski definition) is 2. The van der Waals surface area contributed by atoms with Crippen LogP contribution < -0.4 is 10.6 Å². The summed E-state index contributed by atoms with van der Waals surface area (Å²) in [5.41, 5.74) is 1.30. The molecule has 1 aromatic heterocycles. The number of anilines is 1. The van der Waals surface area contributed by atoms with E-state index in [1.54, 1.807) is 55.5 Å². The number of nitrogens with zero attached hydrogens (tertiary/aromatic N) is 4. The molecule has 2 aromatic carbocycles. The fraction of sp³-hybridized carbons (Fsp3) is 0.118. The Morgan fingerprint density at radius 1 is 1.11 bits per heavy atom. The van der Waals surface area contributed by atoms with Crippen LogP contribution in [0.25, 0.3) is 5.69 Å². The third-order valence-electron chi connectivity index (χ3n) is 3.43. The number of para-hydroxylation sites is 1. The Kier molecular flexibility index (Phi) is 6.05. The predicted octanol–water partition coefficient (Wildman–Crippen LogP) is 3.14. The van der Waals surface area contributed by atoms with Crippen LogP contribution >= 0.6 is 23.4 Å². The molecule has 0 aliphatic carbocycles. The second kappa shape index (κ2) is 8.65. The molecule has 1 heterocycles. The number of hydrogen-bond acceptors (Lipinski definition) is 6. The molecule has 0 spiro atoms. The molecular formula is C17H15ClN6O2S. The molecule has 1 atom stereocenters. The molecule has 0 aliphatic rings. The van der Waals surface area contributed by atoms with Gasteiger partial charge in [0, 0.05) is 10.7 Å². The number of aromatic nitrogens is 4. The van der Waals surface area contributed by atoms with Crippen molar-refractivity contribution in [2.24, 2.45) is 0 Å². The third-order valence-corrected chi connectivity index (χ3v) is 4.72. The second-order valence-electron chi connectivity index (χ2n) is 5.42. The minimum absolute atomic E-state index is 0.420. The van der Waals surface area contributed by atoms with Crippen LogP contribution in [0, 0.1) is 0 Å². The molecule has 138 valence electrons. The number of rotatable bonds is 5. The maximum atomic E-state index is 12.3. The Bertz CT molecular complexity index is 932. The Hall–Kier alpha value is -2.91. The first-order valence-electron chi connectivity index (χ1n) is 7.91. The van der Waals surface area contributed by atoms with E-state index in [0.29, 0.717) is 21.6 Å². The summed E-state index contributed by atoms with van der Waals surface area (Å²) >= 11 is 7.02. The topological polar surface area (TPSA) is 102 Å². The number of amides is 3. The number of imide groups is 1. The van der Waals surface area contributed by atoms with Crippen molar-refractivity contribution in [3.8, 4) is 5.69 Å². The molecule has 0 fully saturated rings. The van der Waals surface area contributed by atoms with E-state index in [-0.39, 0.29) is 0 Å². The van der Waals surface area contributed by atoms with Crippen LogP contribution in [0.15, 0.2) is 59.8 Å². The van der Waals surface area contributed by atoms with Gasteiger partial charge in [0.25, 0.3) is 0 Å². The molecule has 0 saturated heterocycles. The van der Waals surface area contributed by atoms with Crippen molar-refractivity contribution in [3.63, 3.8) is 0 Å². The molecule has 0 saturated carbocycles. The van der Waals surface area contributed by atoms with Crippen LogP contribution in [0.2, 0.25) is 5.02 Å². The van der Waals surface area contributed by atoms with Gasteiger partial charge >= 0.3 is 6.03 Å².